The molecule has 15 heavy (non-hydrogen) atoms. The lowest BCUT2D eigenvalue weighted by Gasteiger charge is -2.17. The first-order chi connectivity index (χ1) is 7.00. The van der Waals surface area contributed by atoms with Gasteiger partial charge in [-0.3, -0.25) is 0 Å². The number of nitrogens with one attached hydrogen (secondary N) is 1. The first-order valence-electron chi connectivity index (χ1n) is 5.22. The summed E-state index contributed by atoms with van der Waals surface area (Å²) in [7, 11) is 0. The van der Waals surface area contributed by atoms with Crippen LogP contribution in [0.3, 0.4) is 0 Å². The molecule has 0 amide bonds. The highest BCUT2D eigenvalue weighted by Gasteiger charge is 2.10. The number of benzene rings is 1. The van der Waals surface area contributed by atoms with Crippen LogP contribution in [-0.4, -0.2) is 11.7 Å². The van der Waals surface area contributed by atoms with E-state index in [0.29, 0.717) is 16.7 Å². The molecule has 1 atom stereocenters. The third kappa shape index (κ3) is 3.73. The first-order valence-corrected chi connectivity index (χ1v) is 5.60. The Hall–Kier alpha value is -0.730. The van der Waals surface area contributed by atoms with E-state index in [1.165, 1.54) is 0 Å². The van der Waals surface area contributed by atoms with Gasteiger partial charge in [0.25, 0.3) is 0 Å². The largest absolute Gasteiger partial charge is 0.508 e. The maximum Gasteiger partial charge on any atom is 0.120 e. The third-order valence-electron chi connectivity index (χ3n) is 2.29. The summed E-state index contributed by atoms with van der Waals surface area (Å²) in [6.07, 6.45) is 0. The standard InChI is InChI=1S/C12H18ClNO/c1-8(2)7-14-9(3)11-6-10(13)4-5-12(11)15/h4-6,8-9,14-15H,7H2,1-3H3. The van der Waals surface area contributed by atoms with E-state index in [-0.39, 0.29) is 6.04 Å². The summed E-state index contributed by atoms with van der Waals surface area (Å²) in [5, 5.41) is 13.7. The predicted octanol–water partition coefficient (Wildman–Crippen LogP) is 3.35. The van der Waals surface area contributed by atoms with Gasteiger partial charge >= 0.3 is 0 Å². The summed E-state index contributed by atoms with van der Waals surface area (Å²) >= 11 is 5.88. The monoisotopic (exact) mass is 227 g/mol. The molecule has 0 aromatic heterocycles. The molecule has 0 fully saturated rings. The van der Waals surface area contributed by atoms with Gasteiger partial charge in [0.15, 0.2) is 0 Å². The van der Waals surface area contributed by atoms with Crippen molar-refractivity contribution in [3.63, 3.8) is 0 Å². The van der Waals surface area contributed by atoms with Crippen molar-refractivity contribution in [2.24, 2.45) is 5.92 Å². The maximum absolute atomic E-state index is 9.67. The topological polar surface area (TPSA) is 32.3 Å². The average Bonchev–Trinajstić information content (AvgIpc) is 2.18. The van der Waals surface area contributed by atoms with E-state index >= 15 is 0 Å². The fraction of sp³-hybridized carbons (Fsp3) is 0.500. The SMILES string of the molecule is CC(C)CNC(C)c1cc(Cl)ccc1O. The highest BCUT2D eigenvalue weighted by Crippen LogP contribution is 2.27. The van der Waals surface area contributed by atoms with Gasteiger partial charge in [-0.15, -0.1) is 0 Å². The zero-order valence-corrected chi connectivity index (χ0v) is 10.2. The van der Waals surface area contributed by atoms with Crippen molar-refractivity contribution in [3.05, 3.63) is 28.8 Å². The molecule has 0 saturated carbocycles. The number of aromatic hydroxyl groups is 1. The van der Waals surface area contributed by atoms with E-state index in [1.807, 2.05) is 6.92 Å². The van der Waals surface area contributed by atoms with E-state index in [2.05, 4.69) is 19.2 Å². The summed E-state index contributed by atoms with van der Waals surface area (Å²) in [4.78, 5) is 0. The quantitative estimate of drug-likeness (QED) is 0.827. The minimum absolute atomic E-state index is 0.117. The second-order valence-corrected chi connectivity index (χ2v) is 4.66. The minimum Gasteiger partial charge on any atom is -0.508 e. The Kier molecular flexibility index (Phi) is 4.43. The molecule has 1 aromatic rings. The minimum atomic E-state index is 0.117. The number of phenolic OH excluding ortho intramolecular Hbond substituents is 1. The average molecular weight is 228 g/mol. The lowest BCUT2D eigenvalue weighted by molar-refractivity contribution is 0.442. The number of phenols is 1. The lowest BCUT2D eigenvalue weighted by Crippen LogP contribution is -2.23. The second-order valence-electron chi connectivity index (χ2n) is 4.23. The molecule has 1 rings (SSSR count). The number of halogens is 1. The summed E-state index contributed by atoms with van der Waals surface area (Å²) in [6, 6.07) is 5.24. The van der Waals surface area contributed by atoms with Crippen LogP contribution in [0.15, 0.2) is 18.2 Å². The number of rotatable bonds is 4. The Labute approximate surface area is 96.3 Å². The molecule has 1 unspecified atom stereocenters. The lowest BCUT2D eigenvalue weighted by atomic mass is 10.1. The van der Waals surface area contributed by atoms with Crippen molar-refractivity contribution in [2.45, 2.75) is 26.8 Å². The molecule has 0 aliphatic heterocycles. The molecule has 84 valence electrons. The first kappa shape index (κ1) is 12.3. The molecule has 0 bridgehead atoms. The van der Waals surface area contributed by atoms with Gasteiger partial charge in [0.2, 0.25) is 0 Å². The predicted molar refractivity (Wildman–Crippen MR) is 64.4 cm³/mol. The van der Waals surface area contributed by atoms with Gasteiger partial charge in [-0.2, -0.15) is 0 Å². The zero-order valence-electron chi connectivity index (χ0n) is 9.42. The van der Waals surface area contributed by atoms with Crippen LogP contribution in [0, 0.1) is 5.92 Å². The van der Waals surface area contributed by atoms with Crippen LogP contribution in [0.25, 0.3) is 0 Å². The van der Waals surface area contributed by atoms with Crippen molar-refractivity contribution < 1.29 is 5.11 Å². The Morgan fingerprint density at radius 3 is 2.60 bits per heavy atom. The molecule has 0 aliphatic rings. The van der Waals surface area contributed by atoms with Crippen molar-refractivity contribution in [3.8, 4) is 5.75 Å². The summed E-state index contributed by atoms with van der Waals surface area (Å²) in [6.45, 7) is 7.25. The normalized spacial score (nSPS) is 13.1. The molecule has 0 heterocycles. The van der Waals surface area contributed by atoms with Gasteiger partial charge in [-0.1, -0.05) is 25.4 Å². The van der Waals surface area contributed by atoms with Gasteiger partial charge in [0.1, 0.15) is 5.75 Å². The highest BCUT2D eigenvalue weighted by atomic mass is 35.5. The summed E-state index contributed by atoms with van der Waals surface area (Å²) in [5.41, 5.74) is 0.850. The van der Waals surface area contributed by atoms with Gasteiger partial charge in [0, 0.05) is 16.6 Å². The van der Waals surface area contributed by atoms with Crippen molar-refractivity contribution in [2.75, 3.05) is 6.54 Å². The van der Waals surface area contributed by atoms with E-state index in [9.17, 15) is 5.11 Å². The molecule has 2 nitrogen and oxygen atoms in total. The van der Waals surface area contributed by atoms with Gasteiger partial charge in [0.05, 0.1) is 0 Å². The molecule has 2 N–H and O–H groups in total. The van der Waals surface area contributed by atoms with Crippen LogP contribution in [0.2, 0.25) is 5.02 Å². The third-order valence-corrected chi connectivity index (χ3v) is 2.52. The van der Waals surface area contributed by atoms with Gasteiger partial charge in [-0.25, -0.2) is 0 Å². The molecule has 0 aliphatic carbocycles. The van der Waals surface area contributed by atoms with Crippen LogP contribution >= 0.6 is 11.6 Å². The Balaban J connectivity index is 2.72. The number of hydrogen-bond acceptors (Lipinski definition) is 2. The van der Waals surface area contributed by atoms with E-state index in [4.69, 9.17) is 11.6 Å². The number of hydrogen-bond donors (Lipinski definition) is 2. The second kappa shape index (κ2) is 5.38. The fourth-order valence-corrected chi connectivity index (χ4v) is 1.58. The Morgan fingerprint density at radius 1 is 1.33 bits per heavy atom. The molecular formula is C12H18ClNO. The molecule has 0 saturated heterocycles. The highest BCUT2D eigenvalue weighted by molar-refractivity contribution is 6.30. The molecular weight excluding hydrogens is 210 g/mol. The van der Waals surface area contributed by atoms with Crippen LogP contribution in [0.4, 0.5) is 0 Å². The van der Waals surface area contributed by atoms with E-state index in [0.717, 1.165) is 12.1 Å². The summed E-state index contributed by atoms with van der Waals surface area (Å²) in [5.74, 6) is 0.886. The smallest absolute Gasteiger partial charge is 0.120 e. The van der Waals surface area contributed by atoms with E-state index < -0.39 is 0 Å². The van der Waals surface area contributed by atoms with Crippen LogP contribution in [0.1, 0.15) is 32.4 Å². The van der Waals surface area contributed by atoms with E-state index in [1.54, 1.807) is 18.2 Å². The van der Waals surface area contributed by atoms with Crippen LogP contribution in [-0.2, 0) is 0 Å². The summed E-state index contributed by atoms with van der Waals surface area (Å²) < 4.78 is 0. The molecule has 1 aromatic carbocycles. The van der Waals surface area contributed by atoms with Crippen LogP contribution in [0.5, 0.6) is 5.75 Å². The molecule has 3 heteroatoms. The van der Waals surface area contributed by atoms with Gasteiger partial charge in [-0.05, 0) is 37.6 Å². The van der Waals surface area contributed by atoms with Crippen LogP contribution < -0.4 is 5.32 Å². The van der Waals surface area contributed by atoms with Gasteiger partial charge < -0.3 is 10.4 Å². The Morgan fingerprint density at radius 2 is 2.00 bits per heavy atom. The molecule has 0 spiro atoms. The fourth-order valence-electron chi connectivity index (χ4n) is 1.39. The zero-order chi connectivity index (χ0) is 11.4. The van der Waals surface area contributed by atoms with Crippen molar-refractivity contribution in [1.82, 2.24) is 5.32 Å². The van der Waals surface area contributed by atoms with Crippen molar-refractivity contribution in [1.29, 1.82) is 0 Å². The molecule has 0 radical (unpaired) electrons. The Bertz CT molecular complexity index is 325. The maximum atomic E-state index is 9.67. The van der Waals surface area contributed by atoms with Crippen molar-refractivity contribution >= 4 is 11.6 Å².